The zero-order valence-electron chi connectivity index (χ0n) is 14.8. The van der Waals surface area contributed by atoms with Crippen LogP contribution in [0.25, 0.3) is 10.2 Å². The first-order chi connectivity index (χ1) is 13.2. The van der Waals surface area contributed by atoms with E-state index in [9.17, 15) is 4.79 Å². The van der Waals surface area contributed by atoms with Crippen LogP contribution >= 0.6 is 11.3 Å². The van der Waals surface area contributed by atoms with Gasteiger partial charge in [-0.15, -0.1) is 11.3 Å². The number of thiazole rings is 1. The number of hydrogen-bond acceptors (Lipinski definition) is 4. The second kappa shape index (κ2) is 7.60. The van der Waals surface area contributed by atoms with Crippen LogP contribution in [0.4, 0.5) is 0 Å². The van der Waals surface area contributed by atoms with Gasteiger partial charge in [-0.05, 0) is 55.0 Å². The number of nitrogens with one attached hydrogen (secondary N) is 1. The van der Waals surface area contributed by atoms with Crippen LogP contribution < -0.4 is 10.1 Å². The Hall–Kier alpha value is -3.18. The maximum atomic E-state index is 12.4. The molecule has 3 aromatic carbocycles. The van der Waals surface area contributed by atoms with Crippen molar-refractivity contribution in [1.82, 2.24) is 10.3 Å². The van der Waals surface area contributed by atoms with Crippen LogP contribution in [0.2, 0.25) is 0 Å². The Bertz CT molecular complexity index is 1090. The van der Waals surface area contributed by atoms with Crippen LogP contribution in [0.15, 0.2) is 72.2 Å². The minimum absolute atomic E-state index is 0.102. The number of aromatic nitrogens is 1. The van der Waals surface area contributed by atoms with E-state index in [2.05, 4.69) is 10.3 Å². The fraction of sp³-hybridized carbons (Fsp3) is 0.0909. The van der Waals surface area contributed by atoms with E-state index in [4.69, 9.17) is 4.74 Å². The third kappa shape index (κ3) is 4.15. The SMILES string of the molecule is Cc1ccc(Oc2cccc(CNC(=O)c3ccc4ncsc4c3)c2)cc1. The van der Waals surface area contributed by atoms with Gasteiger partial charge in [-0.2, -0.15) is 0 Å². The van der Waals surface area contributed by atoms with Crippen molar-refractivity contribution >= 4 is 27.5 Å². The predicted molar refractivity (Wildman–Crippen MR) is 108 cm³/mol. The number of carbonyl (C=O) groups excluding carboxylic acids is 1. The first kappa shape index (κ1) is 17.2. The molecular formula is C22H18N2O2S. The average molecular weight is 374 g/mol. The van der Waals surface area contributed by atoms with E-state index >= 15 is 0 Å². The quantitative estimate of drug-likeness (QED) is 0.514. The number of nitrogens with zero attached hydrogens (tertiary/aromatic N) is 1. The Labute approximate surface area is 161 Å². The normalized spacial score (nSPS) is 10.7. The van der Waals surface area contributed by atoms with Gasteiger partial charge in [0.25, 0.3) is 5.91 Å². The third-order valence-electron chi connectivity index (χ3n) is 4.20. The summed E-state index contributed by atoms with van der Waals surface area (Å²) in [7, 11) is 0. The second-order valence-electron chi connectivity index (χ2n) is 6.28. The highest BCUT2D eigenvalue weighted by Gasteiger charge is 2.08. The van der Waals surface area contributed by atoms with Crippen molar-refractivity contribution in [2.75, 3.05) is 0 Å². The van der Waals surface area contributed by atoms with Crippen molar-refractivity contribution < 1.29 is 9.53 Å². The molecule has 0 spiro atoms. The molecule has 1 heterocycles. The Morgan fingerprint density at radius 1 is 1.04 bits per heavy atom. The number of aryl methyl sites for hydroxylation is 1. The highest BCUT2D eigenvalue weighted by atomic mass is 32.1. The number of rotatable bonds is 5. The monoisotopic (exact) mass is 374 g/mol. The van der Waals surface area contributed by atoms with Gasteiger partial charge in [0.2, 0.25) is 0 Å². The van der Waals surface area contributed by atoms with Crippen LogP contribution in [-0.4, -0.2) is 10.9 Å². The van der Waals surface area contributed by atoms with E-state index in [-0.39, 0.29) is 5.91 Å². The highest BCUT2D eigenvalue weighted by Crippen LogP contribution is 2.23. The molecule has 5 heteroatoms. The highest BCUT2D eigenvalue weighted by molar-refractivity contribution is 7.16. The predicted octanol–water partition coefficient (Wildman–Crippen LogP) is 5.33. The zero-order chi connectivity index (χ0) is 18.6. The topological polar surface area (TPSA) is 51.2 Å². The molecular weight excluding hydrogens is 356 g/mol. The van der Waals surface area contributed by atoms with Gasteiger partial charge in [0.15, 0.2) is 0 Å². The lowest BCUT2D eigenvalue weighted by atomic mass is 10.1. The van der Waals surface area contributed by atoms with Crippen molar-refractivity contribution in [3.63, 3.8) is 0 Å². The Kier molecular flexibility index (Phi) is 4.85. The van der Waals surface area contributed by atoms with Gasteiger partial charge >= 0.3 is 0 Å². The summed E-state index contributed by atoms with van der Waals surface area (Å²) in [6.07, 6.45) is 0. The zero-order valence-corrected chi connectivity index (χ0v) is 15.6. The molecule has 4 rings (SSSR count). The summed E-state index contributed by atoms with van der Waals surface area (Å²) in [5.41, 5.74) is 5.50. The molecule has 27 heavy (non-hydrogen) atoms. The number of benzene rings is 3. The maximum absolute atomic E-state index is 12.4. The van der Waals surface area contributed by atoms with Crippen LogP contribution in [0.3, 0.4) is 0 Å². The van der Waals surface area contributed by atoms with Gasteiger partial charge in [0, 0.05) is 12.1 Å². The fourth-order valence-corrected chi connectivity index (χ4v) is 3.46. The van der Waals surface area contributed by atoms with Gasteiger partial charge < -0.3 is 10.1 Å². The van der Waals surface area contributed by atoms with Gasteiger partial charge in [0.05, 0.1) is 15.7 Å². The molecule has 4 aromatic rings. The molecule has 0 fully saturated rings. The van der Waals surface area contributed by atoms with Crippen molar-refractivity contribution in [3.05, 3.63) is 88.9 Å². The largest absolute Gasteiger partial charge is 0.457 e. The molecule has 0 saturated carbocycles. The van der Waals surface area contributed by atoms with Gasteiger partial charge in [-0.1, -0.05) is 29.8 Å². The van der Waals surface area contributed by atoms with Gasteiger partial charge in [0.1, 0.15) is 11.5 Å². The second-order valence-corrected chi connectivity index (χ2v) is 7.17. The first-order valence-electron chi connectivity index (χ1n) is 8.62. The van der Waals surface area contributed by atoms with E-state index in [0.717, 1.165) is 27.3 Å². The molecule has 1 N–H and O–H groups in total. The molecule has 1 aromatic heterocycles. The van der Waals surface area contributed by atoms with E-state index < -0.39 is 0 Å². The Morgan fingerprint density at radius 2 is 1.89 bits per heavy atom. The molecule has 1 amide bonds. The lowest BCUT2D eigenvalue weighted by Crippen LogP contribution is -2.22. The molecule has 0 aliphatic heterocycles. The average Bonchev–Trinajstić information content (AvgIpc) is 3.16. The van der Waals surface area contributed by atoms with Crippen LogP contribution in [0, 0.1) is 6.92 Å². The van der Waals surface area contributed by atoms with Crippen LogP contribution in [-0.2, 0) is 6.54 Å². The maximum Gasteiger partial charge on any atom is 0.251 e. The summed E-state index contributed by atoms with van der Waals surface area (Å²) in [5, 5.41) is 2.96. The summed E-state index contributed by atoms with van der Waals surface area (Å²) in [6.45, 7) is 2.48. The molecule has 0 aliphatic carbocycles. The van der Waals surface area contributed by atoms with E-state index in [1.807, 2.05) is 67.6 Å². The van der Waals surface area contributed by atoms with Crippen molar-refractivity contribution in [2.24, 2.45) is 0 Å². The number of amides is 1. The molecule has 0 aliphatic rings. The number of carbonyl (C=O) groups is 1. The summed E-state index contributed by atoms with van der Waals surface area (Å²) in [4.78, 5) is 16.7. The summed E-state index contributed by atoms with van der Waals surface area (Å²) >= 11 is 1.53. The van der Waals surface area contributed by atoms with E-state index in [1.165, 1.54) is 16.9 Å². The van der Waals surface area contributed by atoms with Crippen LogP contribution in [0.5, 0.6) is 11.5 Å². The van der Waals surface area contributed by atoms with Crippen molar-refractivity contribution in [3.8, 4) is 11.5 Å². The Morgan fingerprint density at radius 3 is 2.74 bits per heavy atom. The van der Waals surface area contributed by atoms with E-state index in [1.54, 1.807) is 11.6 Å². The number of ether oxygens (including phenoxy) is 1. The van der Waals surface area contributed by atoms with Gasteiger partial charge in [-0.3, -0.25) is 4.79 Å². The lowest BCUT2D eigenvalue weighted by Gasteiger charge is -2.09. The minimum Gasteiger partial charge on any atom is -0.457 e. The summed E-state index contributed by atoms with van der Waals surface area (Å²) in [5.74, 6) is 1.44. The van der Waals surface area contributed by atoms with Gasteiger partial charge in [-0.25, -0.2) is 4.98 Å². The molecule has 0 radical (unpaired) electrons. The molecule has 134 valence electrons. The van der Waals surface area contributed by atoms with E-state index in [0.29, 0.717) is 12.1 Å². The van der Waals surface area contributed by atoms with Crippen molar-refractivity contribution in [1.29, 1.82) is 0 Å². The summed E-state index contributed by atoms with van der Waals surface area (Å²) < 4.78 is 6.90. The third-order valence-corrected chi connectivity index (χ3v) is 4.99. The minimum atomic E-state index is -0.102. The number of hydrogen-bond donors (Lipinski definition) is 1. The van der Waals surface area contributed by atoms with Crippen LogP contribution in [0.1, 0.15) is 21.5 Å². The number of fused-ring (bicyclic) bond motifs is 1. The molecule has 0 atom stereocenters. The molecule has 0 unspecified atom stereocenters. The molecule has 4 nitrogen and oxygen atoms in total. The summed E-state index contributed by atoms with van der Waals surface area (Å²) in [6, 6.07) is 21.2. The Balaban J connectivity index is 1.41. The lowest BCUT2D eigenvalue weighted by molar-refractivity contribution is 0.0951. The van der Waals surface area contributed by atoms with Crippen molar-refractivity contribution in [2.45, 2.75) is 13.5 Å². The first-order valence-corrected chi connectivity index (χ1v) is 9.50. The smallest absolute Gasteiger partial charge is 0.251 e. The standard InChI is InChI=1S/C22H18N2O2S/c1-15-5-8-18(9-6-15)26-19-4-2-3-16(11-19)13-23-22(25)17-7-10-20-21(12-17)27-14-24-20/h2-12,14H,13H2,1H3,(H,23,25). The molecule has 0 saturated heterocycles. The fourth-order valence-electron chi connectivity index (χ4n) is 2.74. The molecule has 0 bridgehead atoms.